The molecule has 0 radical (unpaired) electrons. The topological polar surface area (TPSA) is 246 Å². The molecule has 0 bridgehead atoms. The van der Waals surface area contributed by atoms with Gasteiger partial charge in [-0.3, -0.25) is 19.2 Å². The van der Waals surface area contributed by atoms with Gasteiger partial charge in [0.05, 0.1) is 58.1 Å². The molecule has 4 aromatic heterocycles. The Bertz CT molecular complexity index is 3200. The molecule has 8 rings (SSSR count). The van der Waals surface area contributed by atoms with Crippen LogP contribution in [0.15, 0.2) is 134 Å². The molecule has 366 valence electrons. The number of carbonyl (C=O) groups excluding carboxylic acids is 4. The number of anilines is 4. The predicted octanol–water partition coefficient (Wildman–Crippen LogP) is 10.1. The van der Waals surface area contributed by atoms with Gasteiger partial charge in [-0.2, -0.15) is 0 Å². The number of ketones is 2. The maximum atomic E-state index is 13.8. The summed E-state index contributed by atoms with van der Waals surface area (Å²) in [5, 5.41) is 25.1. The van der Waals surface area contributed by atoms with Crippen molar-refractivity contribution in [3.05, 3.63) is 190 Å². The highest BCUT2D eigenvalue weighted by Gasteiger charge is 2.26. The van der Waals surface area contributed by atoms with E-state index < -0.39 is 23.5 Å². The van der Waals surface area contributed by atoms with Crippen LogP contribution in [0, 0.1) is 13.8 Å². The SMILES string of the molecule is Cc1c(NC(=O)c2cccc(OCCCCCCCCOc3cccc(C(=O)Nc4c(C)c(C(=O)c5ccc(N)c(C(=O)O)c5)n5ccccc45)c3)c2)c2ccccn2c1C(=O)c1ccc(N)c(C(=O)O)c1. The number of aromatic nitrogens is 2. The molecule has 0 aliphatic heterocycles. The average molecular weight is 969 g/mol. The Morgan fingerprint density at radius 3 is 1.29 bits per heavy atom. The second kappa shape index (κ2) is 21.6. The molecular weight excluding hydrogens is 917 g/mol. The number of hydrogen-bond donors (Lipinski definition) is 6. The Morgan fingerprint density at radius 2 is 0.889 bits per heavy atom. The maximum absolute atomic E-state index is 13.8. The molecule has 0 fully saturated rings. The summed E-state index contributed by atoms with van der Waals surface area (Å²) in [6.45, 7) is 4.41. The van der Waals surface area contributed by atoms with E-state index >= 15 is 0 Å². The second-order valence-electron chi connectivity index (χ2n) is 17.3. The van der Waals surface area contributed by atoms with E-state index in [-0.39, 0.29) is 56.8 Å². The van der Waals surface area contributed by atoms with Gasteiger partial charge in [-0.1, -0.05) is 49.9 Å². The first kappa shape index (κ1) is 49.2. The van der Waals surface area contributed by atoms with Crippen molar-refractivity contribution >= 4 is 69.1 Å². The van der Waals surface area contributed by atoms with Crippen LogP contribution in [0.2, 0.25) is 0 Å². The standard InChI is InChI=1S/C56H52N6O10/c1-33-47(45-19-7-9-25-61(45)49(33)51(63)35-21-23-43(57)41(31-35)55(67)68)59-53(65)37-15-13-17-39(29-37)71-27-11-5-3-4-6-12-28-72-40-18-14-16-38(30-40)54(66)60-48-34(2)50(62-26-10-8-20-46(48)62)52(64)36-22-24-44(58)42(32-36)56(69)70/h7-10,13-26,29-32H,3-6,11-12,27-28,57-58H2,1-2H3,(H,59,65)(H,60,66)(H,67,68)(H,69,70). The molecule has 16 nitrogen and oxygen atoms in total. The lowest BCUT2D eigenvalue weighted by molar-refractivity contribution is 0.0687. The van der Waals surface area contributed by atoms with Crippen molar-refractivity contribution in [2.45, 2.75) is 52.4 Å². The molecule has 0 saturated carbocycles. The van der Waals surface area contributed by atoms with Gasteiger partial charge in [-0.05, 0) is 124 Å². The molecule has 0 unspecified atom stereocenters. The van der Waals surface area contributed by atoms with E-state index in [1.807, 2.05) is 0 Å². The van der Waals surface area contributed by atoms with Gasteiger partial charge in [0.15, 0.2) is 0 Å². The number of nitrogens with zero attached hydrogens (tertiary/aromatic N) is 2. The third-order valence-electron chi connectivity index (χ3n) is 12.4. The van der Waals surface area contributed by atoms with Crippen LogP contribution in [0.4, 0.5) is 22.7 Å². The number of carbonyl (C=O) groups is 6. The Labute approximate surface area is 413 Å². The van der Waals surface area contributed by atoms with Crippen LogP contribution in [0.3, 0.4) is 0 Å². The van der Waals surface area contributed by atoms with E-state index in [0.29, 0.717) is 69.4 Å². The van der Waals surface area contributed by atoms with Gasteiger partial charge >= 0.3 is 11.9 Å². The summed E-state index contributed by atoms with van der Waals surface area (Å²) in [7, 11) is 0. The molecule has 4 heterocycles. The smallest absolute Gasteiger partial charge is 0.337 e. The van der Waals surface area contributed by atoms with Crippen LogP contribution < -0.4 is 31.6 Å². The maximum Gasteiger partial charge on any atom is 0.337 e. The largest absolute Gasteiger partial charge is 0.494 e. The van der Waals surface area contributed by atoms with Crippen LogP contribution in [-0.2, 0) is 0 Å². The zero-order valence-electron chi connectivity index (χ0n) is 39.6. The molecule has 0 spiro atoms. The van der Waals surface area contributed by atoms with Crippen molar-refractivity contribution in [2.24, 2.45) is 0 Å². The van der Waals surface area contributed by atoms with Gasteiger partial charge in [0.1, 0.15) is 11.5 Å². The van der Waals surface area contributed by atoms with Gasteiger partial charge in [0.2, 0.25) is 11.6 Å². The number of nitrogens with two attached hydrogens (primary N) is 2. The zero-order valence-corrected chi connectivity index (χ0v) is 39.6. The third-order valence-corrected chi connectivity index (χ3v) is 12.4. The number of nitrogen functional groups attached to an aromatic ring is 2. The summed E-state index contributed by atoms with van der Waals surface area (Å²) < 4.78 is 15.4. The molecule has 8 aromatic rings. The molecule has 0 atom stereocenters. The number of carboxylic acid groups (broad SMARTS) is 2. The fraction of sp³-hybridized carbons (Fsp3) is 0.179. The number of amides is 2. The Balaban J connectivity index is 0.778. The van der Waals surface area contributed by atoms with Crippen molar-refractivity contribution in [3.8, 4) is 11.5 Å². The van der Waals surface area contributed by atoms with E-state index in [1.165, 1.54) is 36.4 Å². The lowest BCUT2D eigenvalue weighted by Gasteiger charge is -2.10. The fourth-order valence-electron chi connectivity index (χ4n) is 8.70. The van der Waals surface area contributed by atoms with E-state index in [2.05, 4.69) is 10.6 Å². The van der Waals surface area contributed by atoms with Gasteiger partial charge < -0.3 is 50.6 Å². The first-order valence-electron chi connectivity index (χ1n) is 23.3. The van der Waals surface area contributed by atoms with Crippen LogP contribution in [0.25, 0.3) is 11.0 Å². The number of carboxylic acids is 2. The van der Waals surface area contributed by atoms with Gasteiger partial charge in [-0.15, -0.1) is 0 Å². The summed E-state index contributed by atoms with van der Waals surface area (Å²) in [5.74, 6) is -3.00. The highest BCUT2D eigenvalue weighted by Crippen LogP contribution is 2.33. The highest BCUT2D eigenvalue weighted by atomic mass is 16.5. The molecule has 16 heteroatoms. The Kier molecular flexibility index (Phi) is 14.8. The number of hydrogen-bond acceptors (Lipinski definition) is 10. The van der Waals surface area contributed by atoms with Gasteiger partial charge in [-0.25, -0.2) is 9.59 Å². The van der Waals surface area contributed by atoms with Crippen molar-refractivity contribution in [3.63, 3.8) is 0 Å². The summed E-state index contributed by atoms with van der Waals surface area (Å²) >= 11 is 0. The number of benzene rings is 4. The van der Waals surface area contributed by atoms with Gasteiger partial charge in [0, 0.05) is 57.1 Å². The number of rotatable bonds is 21. The quantitative estimate of drug-likeness (QED) is 0.0224. The first-order chi connectivity index (χ1) is 34.7. The fourth-order valence-corrected chi connectivity index (χ4v) is 8.70. The lowest BCUT2D eigenvalue weighted by atomic mass is 10.0. The van der Waals surface area contributed by atoms with E-state index in [4.69, 9.17) is 20.9 Å². The molecule has 4 aromatic carbocycles. The number of aromatic carboxylic acids is 2. The molecule has 0 saturated heterocycles. The van der Waals surface area contributed by atoms with Crippen molar-refractivity contribution in [1.82, 2.24) is 8.80 Å². The van der Waals surface area contributed by atoms with Crippen molar-refractivity contribution in [2.75, 3.05) is 35.3 Å². The van der Waals surface area contributed by atoms with E-state index in [0.717, 1.165) is 38.5 Å². The van der Waals surface area contributed by atoms with Crippen LogP contribution in [0.1, 0.15) is 123 Å². The minimum absolute atomic E-state index is 0.0470. The third kappa shape index (κ3) is 10.5. The Hall–Kier alpha value is -9.18. The number of pyridine rings is 2. The normalized spacial score (nSPS) is 11.1. The second-order valence-corrected chi connectivity index (χ2v) is 17.3. The van der Waals surface area contributed by atoms with Crippen LogP contribution in [-0.4, -0.2) is 67.5 Å². The zero-order chi connectivity index (χ0) is 51.1. The number of unbranched alkanes of at least 4 members (excludes halogenated alkanes) is 5. The monoisotopic (exact) mass is 968 g/mol. The minimum atomic E-state index is -1.24. The minimum Gasteiger partial charge on any atom is -0.494 e. The summed E-state index contributed by atoms with van der Waals surface area (Å²) in [5.41, 5.74) is 16.1. The number of fused-ring (bicyclic) bond motifs is 2. The van der Waals surface area contributed by atoms with Crippen molar-refractivity contribution < 1.29 is 48.5 Å². The molecule has 8 N–H and O–H groups in total. The highest BCUT2D eigenvalue weighted by molar-refractivity contribution is 6.16. The Morgan fingerprint density at radius 1 is 0.486 bits per heavy atom. The predicted molar refractivity (Wildman–Crippen MR) is 274 cm³/mol. The van der Waals surface area contributed by atoms with Gasteiger partial charge in [0.25, 0.3) is 11.8 Å². The number of ether oxygens (including phenoxy) is 2. The van der Waals surface area contributed by atoms with Crippen LogP contribution in [0.5, 0.6) is 11.5 Å². The summed E-state index contributed by atoms with van der Waals surface area (Å²) in [4.78, 5) is 78.2. The first-order valence-corrected chi connectivity index (χ1v) is 23.3. The van der Waals surface area contributed by atoms with Crippen molar-refractivity contribution in [1.29, 1.82) is 0 Å². The molecular formula is C56H52N6O10. The molecule has 0 aliphatic rings. The van der Waals surface area contributed by atoms with E-state index in [1.54, 1.807) is 120 Å². The summed E-state index contributed by atoms with van der Waals surface area (Å²) in [6.07, 6.45) is 8.97. The number of nitrogens with one attached hydrogen (secondary N) is 2. The average Bonchev–Trinajstić information content (AvgIpc) is 3.82. The lowest BCUT2D eigenvalue weighted by Crippen LogP contribution is -2.13. The molecule has 0 aliphatic carbocycles. The van der Waals surface area contributed by atoms with Crippen LogP contribution >= 0.6 is 0 Å². The summed E-state index contributed by atoms with van der Waals surface area (Å²) in [6, 6.07) is 32.8. The molecule has 2 amide bonds. The van der Waals surface area contributed by atoms with E-state index in [9.17, 15) is 39.0 Å². The molecule has 72 heavy (non-hydrogen) atoms.